The third-order valence-corrected chi connectivity index (χ3v) is 2.98. The lowest BCUT2D eigenvalue weighted by molar-refractivity contribution is 0.240. The highest BCUT2D eigenvalue weighted by molar-refractivity contribution is 5.76. The summed E-state index contributed by atoms with van der Waals surface area (Å²) in [6.07, 6.45) is 8.23. The number of amides is 2. The van der Waals surface area contributed by atoms with Gasteiger partial charge in [0, 0.05) is 12.2 Å². The summed E-state index contributed by atoms with van der Waals surface area (Å²) in [4.78, 5) is 11.5. The van der Waals surface area contributed by atoms with Gasteiger partial charge in [0.05, 0.1) is 0 Å². The molecule has 0 heterocycles. The van der Waals surface area contributed by atoms with E-state index in [2.05, 4.69) is 10.6 Å². The van der Waals surface area contributed by atoms with E-state index in [4.69, 9.17) is 0 Å². The fraction of sp³-hybridized carbons (Fsp3) is 0.357. The Kier molecular flexibility index (Phi) is 4.19. The molecule has 0 spiro atoms. The standard InChI is InChI=1S/C14H18N2O/c17-14(16-13-8-4-5-9-13)15-11-10-12-6-2-1-3-7-12/h1-3,6-7,10-11,13H,4-5,8-9H2,(H2,15,16,17)/b11-10+. The van der Waals surface area contributed by atoms with Crippen molar-refractivity contribution < 1.29 is 4.79 Å². The first kappa shape index (κ1) is 11.7. The monoisotopic (exact) mass is 230 g/mol. The van der Waals surface area contributed by atoms with Crippen molar-refractivity contribution in [3.63, 3.8) is 0 Å². The third-order valence-electron chi connectivity index (χ3n) is 2.98. The molecule has 17 heavy (non-hydrogen) atoms. The Morgan fingerprint density at radius 2 is 1.88 bits per heavy atom. The van der Waals surface area contributed by atoms with Crippen molar-refractivity contribution in [3.05, 3.63) is 42.1 Å². The van der Waals surface area contributed by atoms with Gasteiger partial charge in [-0.3, -0.25) is 0 Å². The highest BCUT2D eigenvalue weighted by Gasteiger charge is 2.15. The largest absolute Gasteiger partial charge is 0.335 e. The molecule has 0 radical (unpaired) electrons. The molecule has 1 aromatic rings. The second-order valence-corrected chi connectivity index (χ2v) is 4.34. The van der Waals surface area contributed by atoms with Crippen molar-refractivity contribution >= 4 is 12.1 Å². The minimum atomic E-state index is -0.107. The molecule has 1 aliphatic carbocycles. The molecule has 0 unspecified atom stereocenters. The van der Waals surface area contributed by atoms with Crippen molar-refractivity contribution in [2.24, 2.45) is 0 Å². The van der Waals surface area contributed by atoms with Crippen LogP contribution in [0.3, 0.4) is 0 Å². The summed E-state index contributed by atoms with van der Waals surface area (Å²) in [7, 11) is 0. The number of hydrogen-bond donors (Lipinski definition) is 2. The highest BCUT2D eigenvalue weighted by atomic mass is 16.2. The van der Waals surface area contributed by atoms with Gasteiger partial charge < -0.3 is 10.6 Å². The average molecular weight is 230 g/mol. The Morgan fingerprint density at radius 1 is 1.18 bits per heavy atom. The summed E-state index contributed by atoms with van der Waals surface area (Å²) in [6, 6.07) is 10.2. The number of benzene rings is 1. The SMILES string of the molecule is O=C(N/C=C/c1ccccc1)NC1CCCC1. The molecule has 0 bridgehead atoms. The number of nitrogens with one attached hydrogen (secondary N) is 2. The van der Waals surface area contributed by atoms with Gasteiger partial charge in [0.1, 0.15) is 0 Å². The zero-order chi connectivity index (χ0) is 11.9. The molecule has 2 amide bonds. The molecule has 1 aliphatic rings. The molecular weight excluding hydrogens is 212 g/mol. The summed E-state index contributed by atoms with van der Waals surface area (Å²) in [5.74, 6) is 0. The molecule has 1 fully saturated rings. The van der Waals surface area contributed by atoms with E-state index >= 15 is 0 Å². The molecule has 0 aliphatic heterocycles. The van der Waals surface area contributed by atoms with Gasteiger partial charge in [0.25, 0.3) is 0 Å². The van der Waals surface area contributed by atoms with E-state index in [0.717, 1.165) is 18.4 Å². The maximum atomic E-state index is 11.5. The molecule has 1 aromatic carbocycles. The van der Waals surface area contributed by atoms with Gasteiger partial charge in [-0.05, 0) is 24.5 Å². The predicted molar refractivity (Wildman–Crippen MR) is 69.4 cm³/mol. The van der Waals surface area contributed by atoms with Gasteiger partial charge >= 0.3 is 6.03 Å². The highest BCUT2D eigenvalue weighted by Crippen LogP contribution is 2.17. The summed E-state index contributed by atoms with van der Waals surface area (Å²) < 4.78 is 0. The molecule has 3 nitrogen and oxygen atoms in total. The predicted octanol–water partition coefficient (Wildman–Crippen LogP) is 2.90. The number of urea groups is 1. The van der Waals surface area contributed by atoms with E-state index < -0.39 is 0 Å². The van der Waals surface area contributed by atoms with Gasteiger partial charge in [-0.25, -0.2) is 4.79 Å². The Morgan fingerprint density at radius 3 is 2.59 bits per heavy atom. The topological polar surface area (TPSA) is 41.1 Å². The Bertz CT molecular complexity index is 380. The number of carbonyl (C=O) groups excluding carboxylic acids is 1. The molecular formula is C14H18N2O. The van der Waals surface area contributed by atoms with Crippen LogP contribution in [0, 0.1) is 0 Å². The zero-order valence-electron chi connectivity index (χ0n) is 9.86. The van der Waals surface area contributed by atoms with Crippen molar-refractivity contribution in [2.45, 2.75) is 31.7 Å². The van der Waals surface area contributed by atoms with E-state index in [9.17, 15) is 4.79 Å². The second-order valence-electron chi connectivity index (χ2n) is 4.34. The Labute approximate surface area is 102 Å². The van der Waals surface area contributed by atoms with Crippen LogP contribution in [0.4, 0.5) is 4.79 Å². The summed E-state index contributed by atoms with van der Waals surface area (Å²) in [6.45, 7) is 0. The number of rotatable bonds is 3. The van der Waals surface area contributed by atoms with E-state index in [1.165, 1.54) is 12.8 Å². The number of carbonyl (C=O) groups is 1. The van der Waals surface area contributed by atoms with Crippen LogP contribution in [-0.2, 0) is 0 Å². The molecule has 2 N–H and O–H groups in total. The lowest BCUT2D eigenvalue weighted by Crippen LogP contribution is -2.38. The van der Waals surface area contributed by atoms with Crippen LogP contribution in [0.5, 0.6) is 0 Å². The second kappa shape index (κ2) is 6.09. The van der Waals surface area contributed by atoms with E-state index in [0.29, 0.717) is 6.04 Å². The normalized spacial score (nSPS) is 16.2. The van der Waals surface area contributed by atoms with Gasteiger partial charge in [-0.1, -0.05) is 43.2 Å². The smallest absolute Gasteiger partial charge is 0.318 e. The van der Waals surface area contributed by atoms with Crippen LogP contribution < -0.4 is 10.6 Å². The Hall–Kier alpha value is -1.77. The molecule has 0 saturated heterocycles. The maximum absolute atomic E-state index is 11.5. The summed E-state index contributed by atoms with van der Waals surface area (Å²) in [5, 5.41) is 5.69. The minimum absolute atomic E-state index is 0.107. The van der Waals surface area contributed by atoms with Crippen molar-refractivity contribution in [2.75, 3.05) is 0 Å². The van der Waals surface area contributed by atoms with Crippen LogP contribution in [0.1, 0.15) is 31.2 Å². The van der Waals surface area contributed by atoms with E-state index in [-0.39, 0.29) is 6.03 Å². The zero-order valence-corrected chi connectivity index (χ0v) is 9.86. The quantitative estimate of drug-likeness (QED) is 0.823. The first-order valence-corrected chi connectivity index (χ1v) is 6.13. The van der Waals surface area contributed by atoms with E-state index in [1.807, 2.05) is 36.4 Å². The summed E-state index contributed by atoms with van der Waals surface area (Å²) in [5.41, 5.74) is 1.08. The molecule has 90 valence electrons. The molecule has 2 rings (SSSR count). The van der Waals surface area contributed by atoms with Gasteiger partial charge in [0.15, 0.2) is 0 Å². The fourth-order valence-corrected chi connectivity index (χ4v) is 2.07. The fourth-order valence-electron chi connectivity index (χ4n) is 2.07. The van der Waals surface area contributed by atoms with Crippen molar-refractivity contribution in [1.29, 1.82) is 0 Å². The Balaban J connectivity index is 1.74. The molecule has 0 atom stereocenters. The first-order chi connectivity index (χ1) is 8.34. The van der Waals surface area contributed by atoms with Crippen LogP contribution >= 0.6 is 0 Å². The lowest BCUT2D eigenvalue weighted by atomic mass is 10.2. The first-order valence-electron chi connectivity index (χ1n) is 6.13. The average Bonchev–Trinajstić information content (AvgIpc) is 2.83. The van der Waals surface area contributed by atoms with Gasteiger partial charge in [0.2, 0.25) is 0 Å². The van der Waals surface area contributed by atoms with Crippen molar-refractivity contribution in [1.82, 2.24) is 10.6 Å². The van der Waals surface area contributed by atoms with E-state index in [1.54, 1.807) is 6.20 Å². The number of hydrogen-bond acceptors (Lipinski definition) is 1. The maximum Gasteiger partial charge on any atom is 0.318 e. The van der Waals surface area contributed by atoms with Crippen LogP contribution in [-0.4, -0.2) is 12.1 Å². The van der Waals surface area contributed by atoms with Gasteiger partial charge in [-0.15, -0.1) is 0 Å². The minimum Gasteiger partial charge on any atom is -0.335 e. The van der Waals surface area contributed by atoms with Crippen LogP contribution in [0.15, 0.2) is 36.5 Å². The summed E-state index contributed by atoms with van der Waals surface area (Å²) >= 11 is 0. The van der Waals surface area contributed by atoms with Crippen LogP contribution in [0.25, 0.3) is 6.08 Å². The van der Waals surface area contributed by atoms with Crippen LogP contribution in [0.2, 0.25) is 0 Å². The van der Waals surface area contributed by atoms with Gasteiger partial charge in [-0.2, -0.15) is 0 Å². The van der Waals surface area contributed by atoms with Crippen molar-refractivity contribution in [3.8, 4) is 0 Å². The molecule has 0 aromatic heterocycles. The lowest BCUT2D eigenvalue weighted by Gasteiger charge is -2.10. The molecule has 1 saturated carbocycles. The third kappa shape index (κ3) is 3.94. The molecule has 3 heteroatoms.